The summed E-state index contributed by atoms with van der Waals surface area (Å²) in [6, 6.07) is 0. The van der Waals surface area contributed by atoms with Gasteiger partial charge in [0.2, 0.25) is 0 Å². The highest BCUT2D eigenvalue weighted by Gasteiger charge is 2.38. The van der Waals surface area contributed by atoms with Gasteiger partial charge in [0.05, 0.1) is 5.69 Å². The van der Waals surface area contributed by atoms with Gasteiger partial charge in [0.15, 0.2) is 11.4 Å². The van der Waals surface area contributed by atoms with Gasteiger partial charge in [-0.15, -0.1) is 0 Å². The number of hydrogen-bond acceptors (Lipinski definition) is 7. The fourth-order valence-electron chi connectivity index (χ4n) is 3.20. The Hall–Kier alpha value is -3.55. The van der Waals surface area contributed by atoms with Gasteiger partial charge in [-0.25, -0.2) is 14.8 Å². The Bertz CT molecular complexity index is 1030. The number of carbonyl (C=O) groups excluding carboxylic acids is 2. The molecule has 0 spiro atoms. The molecule has 0 aliphatic carbocycles. The van der Waals surface area contributed by atoms with Gasteiger partial charge in [-0.3, -0.25) is 19.2 Å². The molecule has 0 saturated carbocycles. The van der Waals surface area contributed by atoms with Crippen molar-refractivity contribution < 1.29 is 32.7 Å². The van der Waals surface area contributed by atoms with E-state index in [1.807, 2.05) is 18.7 Å². The molecule has 0 radical (unpaired) electrons. The van der Waals surface area contributed by atoms with Gasteiger partial charge in [-0.05, 0) is 13.8 Å². The molecule has 2 aromatic heterocycles. The zero-order valence-corrected chi connectivity index (χ0v) is 18.3. The lowest BCUT2D eigenvalue weighted by atomic mass is 10.1. The maximum absolute atomic E-state index is 12.7. The lowest BCUT2D eigenvalue weighted by Gasteiger charge is -2.34. The first-order valence-electron chi connectivity index (χ1n) is 9.74. The van der Waals surface area contributed by atoms with E-state index in [1.165, 1.54) is 18.0 Å². The van der Waals surface area contributed by atoms with Crippen molar-refractivity contribution in [1.29, 1.82) is 0 Å². The second-order valence-electron chi connectivity index (χ2n) is 7.26. The fourth-order valence-corrected chi connectivity index (χ4v) is 3.20. The van der Waals surface area contributed by atoms with E-state index < -0.39 is 18.1 Å². The van der Waals surface area contributed by atoms with Crippen LogP contribution in [0.1, 0.15) is 37.9 Å². The minimum atomic E-state index is -5.08. The first-order valence-corrected chi connectivity index (χ1v) is 9.74. The number of aryl methyl sites for hydroxylation is 2. The lowest BCUT2D eigenvalue weighted by Crippen LogP contribution is -2.49. The van der Waals surface area contributed by atoms with Crippen molar-refractivity contribution in [2.24, 2.45) is 12.8 Å². The van der Waals surface area contributed by atoms with Gasteiger partial charge in [0, 0.05) is 63.4 Å². The van der Waals surface area contributed by atoms with Gasteiger partial charge >= 0.3 is 12.1 Å². The molecule has 0 unspecified atom stereocenters. The topological polar surface area (TPSA) is 148 Å². The number of primary amides is 1. The molecule has 0 atom stereocenters. The molecule has 180 valence electrons. The predicted octanol–water partition coefficient (Wildman–Crippen LogP) is 0.517. The van der Waals surface area contributed by atoms with Gasteiger partial charge in [-0.2, -0.15) is 18.3 Å². The monoisotopic (exact) mass is 471 g/mol. The molecule has 3 heterocycles. The molecule has 1 fully saturated rings. The molecule has 1 aliphatic rings. The maximum Gasteiger partial charge on any atom is 0.490 e. The Morgan fingerprint density at radius 3 is 2.00 bits per heavy atom. The van der Waals surface area contributed by atoms with E-state index in [0.717, 1.165) is 31.0 Å². The summed E-state index contributed by atoms with van der Waals surface area (Å²) >= 11 is 0. The number of nitrogens with two attached hydrogens (primary N) is 1. The standard InChI is InChI=1S/C17H23N7O2.C2HF3O2/c1-11-13(12(2)22(3)21-11)10-23-6-8-24(9-7-23)17(26)15-14(16(18)25)19-4-5-20-15;3-2(4,5)1(6)7/h4-5H,6-10H2,1-3H3,(H2,18,25);(H,6,7). The first-order chi connectivity index (χ1) is 15.3. The molecule has 0 aromatic carbocycles. The normalized spacial score (nSPS) is 14.4. The largest absolute Gasteiger partial charge is 0.490 e. The Morgan fingerprint density at radius 2 is 1.58 bits per heavy atom. The van der Waals surface area contributed by atoms with E-state index in [2.05, 4.69) is 26.9 Å². The second kappa shape index (κ2) is 10.4. The summed E-state index contributed by atoms with van der Waals surface area (Å²) < 4.78 is 33.6. The van der Waals surface area contributed by atoms with Crippen molar-refractivity contribution in [3.8, 4) is 0 Å². The Kier molecular flexibility index (Phi) is 8.08. The molecule has 2 aromatic rings. The number of hydrogen-bond donors (Lipinski definition) is 2. The highest BCUT2D eigenvalue weighted by molar-refractivity contribution is 6.03. The molecule has 2 amide bonds. The number of halogens is 3. The van der Waals surface area contributed by atoms with Crippen LogP contribution in [-0.2, 0) is 18.4 Å². The van der Waals surface area contributed by atoms with Crippen LogP contribution in [0.3, 0.4) is 0 Å². The summed E-state index contributed by atoms with van der Waals surface area (Å²) in [5, 5.41) is 11.6. The lowest BCUT2D eigenvalue weighted by molar-refractivity contribution is -0.192. The molecule has 0 bridgehead atoms. The molecule has 3 rings (SSSR count). The smallest absolute Gasteiger partial charge is 0.475 e. The number of alkyl halides is 3. The van der Waals surface area contributed by atoms with Gasteiger partial charge in [-0.1, -0.05) is 0 Å². The third-order valence-electron chi connectivity index (χ3n) is 5.08. The average Bonchev–Trinajstić information content (AvgIpc) is 2.99. The van der Waals surface area contributed by atoms with Crippen LogP contribution >= 0.6 is 0 Å². The third kappa shape index (κ3) is 6.47. The summed E-state index contributed by atoms with van der Waals surface area (Å²) in [5.74, 6) is -3.81. The van der Waals surface area contributed by atoms with Crippen LogP contribution in [0.25, 0.3) is 0 Å². The Morgan fingerprint density at radius 1 is 1.06 bits per heavy atom. The summed E-state index contributed by atoms with van der Waals surface area (Å²) in [5.41, 5.74) is 8.66. The number of aliphatic carboxylic acids is 1. The summed E-state index contributed by atoms with van der Waals surface area (Å²) in [4.78, 5) is 44.9. The first kappa shape index (κ1) is 25.7. The van der Waals surface area contributed by atoms with Crippen LogP contribution in [0.5, 0.6) is 0 Å². The summed E-state index contributed by atoms with van der Waals surface area (Å²) in [6.07, 6.45) is -2.34. The quantitative estimate of drug-likeness (QED) is 0.656. The number of amides is 2. The number of piperazine rings is 1. The highest BCUT2D eigenvalue weighted by atomic mass is 19.4. The molecular formula is C19H24F3N7O4. The van der Waals surface area contributed by atoms with Gasteiger partial charge in [0.1, 0.15) is 0 Å². The molecule has 1 aliphatic heterocycles. The maximum atomic E-state index is 12.7. The van der Waals surface area contributed by atoms with E-state index in [-0.39, 0.29) is 17.3 Å². The van der Waals surface area contributed by atoms with Crippen molar-refractivity contribution in [3.63, 3.8) is 0 Å². The van der Waals surface area contributed by atoms with Crippen molar-refractivity contribution in [2.45, 2.75) is 26.6 Å². The molecule has 1 saturated heterocycles. The summed E-state index contributed by atoms with van der Waals surface area (Å²) in [7, 11) is 1.94. The van der Waals surface area contributed by atoms with Crippen molar-refractivity contribution in [2.75, 3.05) is 26.2 Å². The highest BCUT2D eigenvalue weighted by Crippen LogP contribution is 2.17. The predicted molar refractivity (Wildman–Crippen MR) is 108 cm³/mol. The van der Waals surface area contributed by atoms with E-state index >= 15 is 0 Å². The van der Waals surface area contributed by atoms with Crippen LogP contribution in [0.15, 0.2) is 12.4 Å². The molecule has 11 nitrogen and oxygen atoms in total. The fraction of sp³-hybridized carbons (Fsp3) is 0.474. The molecule has 33 heavy (non-hydrogen) atoms. The van der Waals surface area contributed by atoms with Gasteiger partial charge < -0.3 is 15.7 Å². The minimum Gasteiger partial charge on any atom is -0.475 e. The number of carboxylic acid groups (broad SMARTS) is 1. The molecule has 3 N–H and O–H groups in total. The SMILES string of the molecule is Cc1nn(C)c(C)c1CN1CCN(C(=O)c2nccnc2C(N)=O)CC1.O=C(O)C(F)(F)F. The number of nitrogens with zero attached hydrogens (tertiary/aromatic N) is 6. The average molecular weight is 471 g/mol. The van der Waals surface area contributed by atoms with Crippen molar-refractivity contribution in [1.82, 2.24) is 29.5 Å². The Labute approximate surface area is 187 Å². The number of rotatable bonds is 4. The van der Waals surface area contributed by atoms with Crippen LogP contribution in [0.4, 0.5) is 13.2 Å². The van der Waals surface area contributed by atoms with Crippen LogP contribution in [0.2, 0.25) is 0 Å². The van der Waals surface area contributed by atoms with Crippen LogP contribution in [0, 0.1) is 13.8 Å². The van der Waals surface area contributed by atoms with Crippen LogP contribution in [-0.4, -0.2) is 84.8 Å². The second-order valence-corrected chi connectivity index (χ2v) is 7.26. The minimum absolute atomic E-state index is 0.0207. The zero-order chi connectivity index (χ0) is 24.9. The number of carbonyl (C=O) groups is 3. The van der Waals surface area contributed by atoms with E-state index in [9.17, 15) is 22.8 Å². The van der Waals surface area contributed by atoms with Crippen molar-refractivity contribution in [3.05, 3.63) is 40.7 Å². The molecular weight excluding hydrogens is 447 g/mol. The van der Waals surface area contributed by atoms with E-state index in [4.69, 9.17) is 15.6 Å². The molecule has 14 heteroatoms. The zero-order valence-electron chi connectivity index (χ0n) is 18.3. The number of carboxylic acids is 1. The van der Waals surface area contributed by atoms with Crippen molar-refractivity contribution >= 4 is 17.8 Å². The van der Waals surface area contributed by atoms with Gasteiger partial charge in [0.25, 0.3) is 11.8 Å². The van der Waals surface area contributed by atoms with E-state index in [0.29, 0.717) is 13.1 Å². The Balaban J connectivity index is 0.000000479. The van der Waals surface area contributed by atoms with E-state index in [1.54, 1.807) is 4.90 Å². The third-order valence-corrected chi connectivity index (χ3v) is 5.08. The van der Waals surface area contributed by atoms with Crippen LogP contribution < -0.4 is 5.73 Å². The summed E-state index contributed by atoms with van der Waals surface area (Å²) in [6.45, 7) is 7.50. The number of aromatic nitrogens is 4.